The number of hydrogen-bond donors (Lipinski definition) is 2. The van der Waals surface area contributed by atoms with Gasteiger partial charge in [-0.15, -0.1) is 0 Å². The molecule has 0 bridgehead atoms. The van der Waals surface area contributed by atoms with Crippen LogP contribution in [0.25, 0.3) is 0 Å². The van der Waals surface area contributed by atoms with Crippen molar-refractivity contribution >= 4 is 0 Å². The Bertz CT molecular complexity index is 481. The topological polar surface area (TPSA) is 41.5 Å². The molecule has 0 aromatic heterocycles. The summed E-state index contributed by atoms with van der Waals surface area (Å²) in [6.45, 7) is 6.39. The average molecular weight is 245 g/mol. The number of benzene rings is 1. The zero-order chi connectivity index (χ0) is 13.0. The van der Waals surface area contributed by atoms with Gasteiger partial charge < -0.3 is 15.2 Å². The van der Waals surface area contributed by atoms with E-state index in [2.05, 4.69) is 29.3 Å². The molecule has 96 valence electrons. The van der Waals surface area contributed by atoms with Gasteiger partial charge in [-0.1, -0.05) is 31.8 Å². The number of fused-ring (bicyclic) bond motifs is 2. The van der Waals surface area contributed by atoms with E-state index >= 15 is 0 Å². The highest BCUT2D eigenvalue weighted by Gasteiger charge is 2.45. The Morgan fingerprint density at radius 2 is 2.17 bits per heavy atom. The maximum Gasteiger partial charge on any atom is 0.119 e. The second-order valence-electron chi connectivity index (χ2n) is 4.22. The lowest BCUT2D eigenvalue weighted by molar-refractivity contribution is -0.0746. The smallest absolute Gasteiger partial charge is 0.119 e. The van der Waals surface area contributed by atoms with Crippen LogP contribution in [0, 0.1) is 11.8 Å². The third-order valence-electron chi connectivity index (χ3n) is 3.23. The molecule has 1 aromatic rings. The number of rotatable bonds is 0. The van der Waals surface area contributed by atoms with Gasteiger partial charge in [0.15, 0.2) is 0 Å². The monoisotopic (exact) mass is 245 g/mol. The molecular weight excluding hydrogens is 226 g/mol. The molecule has 1 fully saturated rings. The lowest BCUT2D eigenvalue weighted by Gasteiger charge is -2.39. The van der Waals surface area contributed by atoms with Crippen LogP contribution in [0.3, 0.4) is 0 Å². The quantitative estimate of drug-likeness (QED) is 0.679. The fourth-order valence-corrected chi connectivity index (χ4v) is 2.32. The second kappa shape index (κ2) is 5.53. The van der Waals surface area contributed by atoms with Gasteiger partial charge >= 0.3 is 0 Å². The first-order chi connectivity index (χ1) is 8.84. The van der Waals surface area contributed by atoms with E-state index in [1.807, 2.05) is 19.9 Å². The van der Waals surface area contributed by atoms with Crippen molar-refractivity contribution in [3.63, 3.8) is 0 Å². The molecule has 1 aromatic carbocycles. The largest absolute Gasteiger partial charge is 0.384 e. The minimum absolute atomic E-state index is 0.0712. The Morgan fingerprint density at radius 1 is 1.39 bits per heavy atom. The number of aliphatic hydroxyl groups is 1. The van der Waals surface area contributed by atoms with Crippen molar-refractivity contribution in [1.29, 1.82) is 0 Å². The van der Waals surface area contributed by atoms with Crippen LogP contribution in [0.2, 0.25) is 0 Å². The normalized spacial score (nSPS) is 17.9. The highest BCUT2D eigenvalue weighted by atomic mass is 16.5. The number of aliphatic hydroxyl groups excluding tert-OH is 1. The molecule has 1 saturated heterocycles. The molecule has 3 nitrogen and oxygen atoms in total. The molecule has 0 saturated carbocycles. The van der Waals surface area contributed by atoms with Crippen molar-refractivity contribution in [2.75, 3.05) is 19.7 Å². The highest BCUT2D eigenvalue weighted by molar-refractivity contribution is 5.45. The summed E-state index contributed by atoms with van der Waals surface area (Å²) in [6, 6.07) is 6.16. The van der Waals surface area contributed by atoms with Gasteiger partial charge in [0, 0.05) is 18.7 Å². The Labute approximate surface area is 108 Å². The lowest BCUT2D eigenvalue weighted by atomic mass is 9.87. The molecular formula is C15H19NO2. The molecule has 2 aliphatic heterocycles. The first-order valence-corrected chi connectivity index (χ1v) is 6.42. The van der Waals surface area contributed by atoms with Crippen LogP contribution in [-0.4, -0.2) is 24.8 Å². The van der Waals surface area contributed by atoms with E-state index in [9.17, 15) is 0 Å². The molecule has 18 heavy (non-hydrogen) atoms. The number of hydrogen-bond acceptors (Lipinski definition) is 3. The van der Waals surface area contributed by atoms with Gasteiger partial charge in [-0.2, -0.15) is 0 Å². The van der Waals surface area contributed by atoms with Crippen LogP contribution in [0.15, 0.2) is 18.2 Å². The van der Waals surface area contributed by atoms with E-state index in [1.54, 1.807) is 0 Å². The minimum atomic E-state index is -0.0958. The average Bonchev–Trinajstić information content (AvgIpc) is 2.77. The molecule has 2 N–H and O–H groups in total. The summed E-state index contributed by atoms with van der Waals surface area (Å²) in [5.74, 6) is 5.57. The van der Waals surface area contributed by atoms with Crippen molar-refractivity contribution in [3.05, 3.63) is 34.9 Å². The van der Waals surface area contributed by atoms with Crippen molar-refractivity contribution in [2.24, 2.45) is 0 Å². The molecule has 2 heterocycles. The van der Waals surface area contributed by atoms with Crippen molar-refractivity contribution in [1.82, 2.24) is 5.32 Å². The first kappa shape index (κ1) is 13.1. The predicted molar refractivity (Wildman–Crippen MR) is 71.1 cm³/mol. The fraction of sp³-hybridized carbons (Fsp3) is 0.467. The maximum absolute atomic E-state index is 8.64. The van der Waals surface area contributed by atoms with E-state index in [-0.39, 0.29) is 12.2 Å². The Kier molecular flexibility index (Phi) is 4.03. The third-order valence-corrected chi connectivity index (χ3v) is 3.23. The summed E-state index contributed by atoms with van der Waals surface area (Å²) in [7, 11) is 0. The molecule has 3 rings (SSSR count). The van der Waals surface area contributed by atoms with Gasteiger partial charge in [0.05, 0.1) is 6.61 Å². The molecule has 0 aliphatic carbocycles. The van der Waals surface area contributed by atoms with Crippen LogP contribution >= 0.6 is 0 Å². The molecule has 0 atom stereocenters. The summed E-state index contributed by atoms with van der Waals surface area (Å²) in [6.07, 6.45) is 0. The van der Waals surface area contributed by atoms with Gasteiger partial charge in [0.1, 0.15) is 12.2 Å². The minimum Gasteiger partial charge on any atom is -0.384 e. The molecule has 1 spiro atoms. The summed E-state index contributed by atoms with van der Waals surface area (Å²) >= 11 is 0. The first-order valence-electron chi connectivity index (χ1n) is 6.42. The summed E-state index contributed by atoms with van der Waals surface area (Å²) < 4.78 is 5.85. The molecule has 0 unspecified atom stereocenters. The summed E-state index contributed by atoms with van der Waals surface area (Å²) in [4.78, 5) is 0. The van der Waals surface area contributed by atoms with Crippen LogP contribution in [-0.2, 0) is 16.9 Å². The SMILES string of the molecule is CC.OCC#Cc1ccc2c(c1)COC21CNC1. The Hall–Kier alpha value is -1.34. The third kappa shape index (κ3) is 2.15. The molecule has 0 amide bonds. The molecule has 0 radical (unpaired) electrons. The van der Waals surface area contributed by atoms with Gasteiger partial charge in [-0.25, -0.2) is 0 Å². The van der Waals surface area contributed by atoms with Crippen LogP contribution in [0.1, 0.15) is 30.5 Å². The highest BCUT2D eigenvalue weighted by Crippen LogP contribution is 2.39. The standard InChI is InChI=1S/C13H13NO2.C2H6/c15-5-1-2-10-3-4-12-11(6-10)7-16-13(12)8-14-9-13;1-2/h3-4,6,14-15H,5,7-9H2;1-2H3. The van der Waals surface area contributed by atoms with Gasteiger partial charge in [0.2, 0.25) is 0 Å². The molecule has 3 heteroatoms. The van der Waals surface area contributed by atoms with E-state index in [0.29, 0.717) is 6.61 Å². The van der Waals surface area contributed by atoms with E-state index in [4.69, 9.17) is 9.84 Å². The number of ether oxygens (including phenoxy) is 1. The van der Waals surface area contributed by atoms with Crippen molar-refractivity contribution in [2.45, 2.75) is 26.1 Å². The lowest BCUT2D eigenvalue weighted by Crippen LogP contribution is -2.56. The zero-order valence-electron chi connectivity index (χ0n) is 10.9. The van der Waals surface area contributed by atoms with Crippen molar-refractivity contribution in [3.8, 4) is 11.8 Å². The number of nitrogens with one attached hydrogen (secondary N) is 1. The fourth-order valence-electron chi connectivity index (χ4n) is 2.32. The van der Waals surface area contributed by atoms with Gasteiger partial charge in [0.25, 0.3) is 0 Å². The van der Waals surface area contributed by atoms with Crippen LogP contribution in [0.4, 0.5) is 0 Å². The van der Waals surface area contributed by atoms with E-state index < -0.39 is 0 Å². The molecule has 2 aliphatic rings. The Balaban J connectivity index is 0.000000574. The summed E-state index contributed by atoms with van der Waals surface area (Å²) in [5, 5.41) is 11.9. The van der Waals surface area contributed by atoms with Gasteiger partial charge in [-0.3, -0.25) is 0 Å². The van der Waals surface area contributed by atoms with E-state index in [1.165, 1.54) is 11.1 Å². The predicted octanol–water partition coefficient (Wildman–Crippen LogP) is 1.39. The van der Waals surface area contributed by atoms with Crippen molar-refractivity contribution < 1.29 is 9.84 Å². The van der Waals surface area contributed by atoms with Crippen LogP contribution in [0.5, 0.6) is 0 Å². The summed E-state index contributed by atoms with van der Waals surface area (Å²) in [5.41, 5.74) is 3.39. The zero-order valence-corrected chi connectivity index (χ0v) is 10.9. The van der Waals surface area contributed by atoms with Gasteiger partial charge in [-0.05, 0) is 23.3 Å². The van der Waals surface area contributed by atoms with Crippen LogP contribution < -0.4 is 5.32 Å². The Morgan fingerprint density at radius 3 is 2.78 bits per heavy atom. The van der Waals surface area contributed by atoms with E-state index in [0.717, 1.165) is 18.7 Å². The second-order valence-corrected chi connectivity index (χ2v) is 4.22. The maximum atomic E-state index is 8.64.